The Balaban J connectivity index is 1.61. The Morgan fingerprint density at radius 3 is 2.96 bits per heavy atom. The Kier molecular flexibility index (Phi) is 5.18. The van der Waals surface area contributed by atoms with Gasteiger partial charge < -0.3 is 9.64 Å². The molecule has 1 aliphatic rings. The molecular weight excluding hydrogens is 302 g/mol. The summed E-state index contributed by atoms with van der Waals surface area (Å²) in [5, 5.41) is 4.16. The highest BCUT2D eigenvalue weighted by Crippen LogP contribution is 2.26. The molecule has 0 aliphatic carbocycles. The number of hydrogen-bond acceptors (Lipinski definition) is 3. The van der Waals surface area contributed by atoms with E-state index in [9.17, 15) is 4.79 Å². The molecule has 5 heteroatoms. The van der Waals surface area contributed by atoms with Crippen LogP contribution in [0.4, 0.5) is 0 Å². The average molecular weight is 327 g/mol. The Morgan fingerprint density at radius 1 is 1.38 bits per heavy atom. The van der Waals surface area contributed by atoms with E-state index in [2.05, 4.69) is 16.1 Å². The standard InChI is InChI=1S/C19H25N3O2/c1-21-14-15(13-20-21)9-10-19(23)22-11-5-7-17(22)12-16-6-3-4-8-18(16)24-2/h3-4,6,8,13-14,17H,5,7,9-12H2,1-2H3. The summed E-state index contributed by atoms with van der Waals surface area (Å²) in [4.78, 5) is 14.7. The van der Waals surface area contributed by atoms with Gasteiger partial charge in [0.1, 0.15) is 5.75 Å². The molecule has 5 nitrogen and oxygen atoms in total. The van der Waals surface area contributed by atoms with Crippen molar-refractivity contribution in [1.82, 2.24) is 14.7 Å². The van der Waals surface area contributed by atoms with Gasteiger partial charge in [-0.3, -0.25) is 9.48 Å². The molecule has 1 amide bonds. The fourth-order valence-corrected chi connectivity index (χ4v) is 3.50. The third-order valence-corrected chi connectivity index (χ3v) is 4.73. The maximum absolute atomic E-state index is 12.6. The molecular formula is C19H25N3O2. The predicted octanol–water partition coefficient (Wildman–Crippen LogP) is 2.60. The zero-order valence-electron chi connectivity index (χ0n) is 14.4. The largest absolute Gasteiger partial charge is 0.496 e. The Morgan fingerprint density at radius 2 is 2.21 bits per heavy atom. The molecule has 2 aromatic rings. The summed E-state index contributed by atoms with van der Waals surface area (Å²) >= 11 is 0. The molecule has 0 N–H and O–H groups in total. The molecule has 2 heterocycles. The number of rotatable bonds is 6. The molecule has 1 aliphatic heterocycles. The Labute approximate surface area is 143 Å². The van der Waals surface area contributed by atoms with Gasteiger partial charge in [0.15, 0.2) is 0 Å². The van der Waals surface area contributed by atoms with Crippen molar-refractivity contribution in [2.75, 3.05) is 13.7 Å². The van der Waals surface area contributed by atoms with Gasteiger partial charge in [-0.2, -0.15) is 5.10 Å². The average Bonchev–Trinajstić information content (AvgIpc) is 3.22. The summed E-state index contributed by atoms with van der Waals surface area (Å²) in [7, 11) is 3.60. The number of nitrogens with zero attached hydrogens (tertiary/aromatic N) is 3. The van der Waals surface area contributed by atoms with Crippen LogP contribution in [0.25, 0.3) is 0 Å². The van der Waals surface area contributed by atoms with Crippen LogP contribution in [0.15, 0.2) is 36.7 Å². The van der Waals surface area contributed by atoms with Crippen molar-refractivity contribution in [3.63, 3.8) is 0 Å². The molecule has 1 saturated heterocycles. The van der Waals surface area contributed by atoms with Gasteiger partial charge in [0.25, 0.3) is 0 Å². The number of likely N-dealkylation sites (tertiary alicyclic amines) is 1. The van der Waals surface area contributed by atoms with E-state index < -0.39 is 0 Å². The minimum Gasteiger partial charge on any atom is -0.496 e. The van der Waals surface area contributed by atoms with Gasteiger partial charge in [-0.25, -0.2) is 0 Å². The van der Waals surface area contributed by atoms with Gasteiger partial charge >= 0.3 is 0 Å². The van der Waals surface area contributed by atoms with Crippen LogP contribution in [0.3, 0.4) is 0 Å². The van der Waals surface area contributed by atoms with E-state index in [1.807, 2.05) is 37.6 Å². The van der Waals surface area contributed by atoms with Crippen molar-refractivity contribution < 1.29 is 9.53 Å². The quantitative estimate of drug-likeness (QED) is 0.819. The van der Waals surface area contributed by atoms with E-state index >= 15 is 0 Å². The summed E-state index contributed by atoms with van der Waals surface area (Å²) in [6.07, 6.45) is 8.13. The topological polar surface area (TPSA) is 47.4 Å². The van der Waals surface area contributed by atoms with E-state index in [0.29, 0.717) is 6.42 Å². The van der Waals surface area contributed by atoms with Crippen molar-refractivity contribution in [2.45, 2.75) is 38.1 Å². The van der Waals surface area contributed by atoms with Gasteiger partial charge in [-0.15, -0.1) is 0 Å². The number of hydrogen-bond donors (Lipinski definition) is 0. The molecule has 1 fully saturated rings. The van der Waals surface area contributed by atoms with E-state index in [-0.39, 0.29) is 11.9 Å². The third kappa shape index (κ3) is 3.78. The number of aryl methyl sites for hydroxylation is 2. The highest BCUT2D eigenvalue weighted by molar-refractivity contribution is 5.77. The lowest BCUT2D eigenvalue weighted by Crippen LogP contribution is -2.37. The zero-order chi connectivity index (χ0) is 16.9. The van der Waals surface area contributed by atoms with Crippen LogP contribution >= 0.6 is 0 Å². The molecule has 128 valence electrons. The summed E-state index contributed by atoms with van der Waals surface area (Å²) in [5.41, 5.74) is 2.29. The second-order valence-corrected chi connectivity index (χ2v) is 6.42. The fraction of sp³-hybridized carbons (Fsp3) is 0.474. The van der Waals surface area contributed by atoms with Crippen LogP contribution < -0.4 is 4.74 Å². The van der Waals surface area contributed by atoms with Crippen LogP contribution in [0.1, 0.15) is 30.4 Å². The molecule has 3 rings (SSSR count). The molecule has 1 atom stereocenters. The smallest absolute Gasteiger partial charge is 0.223 e. The molecule has 0 bridgehead atoms. The summed E-state index contributed by atoms with van der Waals surface area (Å²) < 4.78 is 7.22. The van der Waals surface area contributed by atoms with Crippen molar-refractivity contribution in [3.8, 4) is 5.75 Å². The maximum atomic E-state index is 12.6. The minimum absolute atomic E-state index is 0.247. The van der Waals surface area contributed by atoms with E-state index in [4.69, 9.17) is 4.74 Å². The lowest BCUT2D eigenvalue weighted by molar-refractivity contribution is -0.131. The first-order valence-corrected chi connectivity index (χ1v) is 8.56. The Hall–Kier alpha value is -2.30. The summed E-state index contributed by atoms with van der Waals surface area (Å²) in [6, 6.07) is 8.37. The summed E-state index contributed by atoms with van der Waals surface area (Å²) in [6.45, 7) is 0.867. The van der Waals surface area contributed by atoms with Gasteiger partial charge in [0.2, 0.25) is 5.91 Å². The molecule has 0 radical (unpaired) electrons. The number of benzene rings is 1. The number of methoxy groups -OCH3 is 1. The third-order valence-electron chi connectivity index (χ3n) is 4.73. The van der Waals surface area contributed by atoms with E-state index in [0.717, 1.165) is 43.5 Å². The number of amides is 1. The lowest BCUT2D eigenvalue weighted by Gasteiger charge is -2.25. The number of ether oxygens (including phenoxy) is 1. The van der Waals surface area contributed by atoms with Gasteiger partial charge in [-0.05, 0) is 42.9 Å². The first-order valence-electron chi connectivity index (χ1n) is 8.56. The lowest BCUT2D eigenvalue weighted by atomic mass is 10.0. The van der Waals surface area contributed by atoms with Crippen LogP contribution in [0, 0.1) is 0 Å². The number of para-hydroxylation sites is 1. The van der Waals surface area contributed by atoms with Crippen LogP contribution in [0.2, 0.25) is 0 Å². The number of carbonyl (C=O) groups excluding carboxylic acids is 1. The van der Waals surface area contributed by atoms with Crippen LogP contribution in [-0.4, -0.2) is 40.3 Å². The first kappa shape index (κ1) is 16.6. The van der Waals surface area contributed by atoms with Crippen molar-refractivity contribution in [1.29, 1.82) is 0 Å². The van der Waals surface area contributed by atoms with Crippen molar-refractivity contribution in [3.05, 3.63) is 47.8 Å². The molecule has 0 saturated carbocycles. The normalized spacial score (nSPS) is 17.2. The van der Waals surface area contributed by atoms with Gasteiger partial charge in [-0.1, -0.05) is 18.2 Å². The molecule has 1 unspecified atom stereocenters. The number of carbonyl (C=O) groups is 1. The molecule has 24 heavy (non-hydrogen) atoms. The maximum Gasteiger partial charge on any atom is 0.223 e. The predicted molar refractivity (Wildman–Crippen MR) is 93.0 cm³/mol. The number of aromatic nitrogens is 2. The fourth-order valence-electron chi connectivity index (χ4n) is 3.50. The van der Waals surface area contributed by atoms with E-state index in [1.54, 1.807) is 11.8 Å². The molecule has 1 aromatic carbocycles. The van der Waals surface area contributed by atoms with Gasteiger partial charge in [0, 0.05) is 32.3 Å². The van der Waals surface area contributed by atoms with Crippen molar-refractivity contribution in [2.24, 2.45) is 7.05 Å². The van der Waals surface area contributed by atoms with E-state index in [1.165, 1.54) is 5.56 Å². The SMILES string of the molecule is COc1ccccc1CC1CCCN1C(=O)CCc1cnn(C)c1. The van der Waals surface area contributed by atoms with Crippen molar-refractivity contribution >= 4 is 5.91 Å². The monoisotopic (exact) mass is 327 g/mol. The Bertz CT molecular complexity index is 695. The first-order chi connectivity index (χ1) is 11.7. The molecule has 0 spiro atoms. The second-order valence-electron chi connectivity index (χ2n) is 6.42. The molecule has 1 aromatic heterocycles. The highest BCUT2D eigenvalue weighted by Gasteiger charge is 2.29. The van der Waals surface area contributed by atoms with Crippen LogP contribution in [0.5, 0.6) is 5.75 Å². The second kappa shape index (κ2) is 7.51. The highest BCUT2D eigenvalue weighted by atomic mass is 16.5. The van der Waals surface area contributed by atoms with Gasteiger partial charge in [0.05, 0.1) is 13.3 Å². The van der Waals surface area contributed by atoms with Crippen LogP contribution in [-0.2, 0) is 24.7 Å². The zero-order valence-corrected chi connectivity index (χ0v) is 14.4. The summed E-state index contributed by atoms with van der Waals surface area (Å²) in [5.74, 6) is 1.16. The minimum atomic E-state index is 0.247.